The Morgan fingerprint density at radius 1 is 1.67 bits per heavy atom. The number of nitrogens with two attached hydrogens (primary N) is 1. The molecule has 1 unspecified atom stereocenters. The molecule has 3 nitrogen and oxygen atoms in total. The van der Waals surface area contributed by atoms with Gasteiger partial charge in [-0.1, -0.05) is 23.8 Å². The predicted octanol–water partition coefficient (Wildman–Crippen LogP) is 1.52. The quantitative estimate of drug-likeness (QED) is 0.554. The van der Waals surface area contributed by atoms with E-state index in [9.17, 15) is 0 Å². The van der Waals surface area contributed by atoms with E-state index in [0.29, 0.717) is 5.03 Å². The van der Waals surface area contributed by atoms with Crippen molar-refractivity contribution in [2.75, 3.05) is 7.05 Å². The summed E-state index contributed by atoms with van der Waals surface area (Å²) >= 11 is 5.92. The molecule has 0 fully saturated rings. The summed E-state index contributed by atoms with van der Waals surface area (Å²) in [6.45, 7) is 3.97. The Morgan fingerprint density at radius 3 is 2.93 bits per heavy atom. The maximum Gasteiger partial charge on any atom is 0.227 e. The number of nitrogens with zero attached hydrogens (tertiary/aromatic N) is 1. The summed E-state index contributed by atoms with van der Waals surface area (Å²) in [7, 11) is 1.92. The molecule has 0 aromatic carbocycles. The lowest BCUT2D eigenvalue weighted by Crippen LogP contribution is -2.40. The number of halogens is 1. The van der Waals surface area contributed by atoms with E-state index in [1.165, 1.54) is 0 Å². The smallest absolute Gasteiger partial charge is 0.227 e. The first-order valence-corrected chi connectivity index (χ1v) is 5.23. The summed E-state index contributed by atoms with van der Waals surface area (Å²) in [6, 6.07) is -0.116. The van der Waals surface area contributed by atoms with E-state index in [1.807, 2.05) is 49.9 Å². The van der Waals surface area contributed by atoms with Crippen LogP contribution in [-0.4, -0.2) is 23.5 Å². The van der Waals surface area contributed by atoms with Crippen LogP contribution in [0.25, 0.3) is 0 Å². The minimum absolute atomic E-state index is 0.116. The molecule has 4 heteroatoms. The van der Waals surface area contributed by atoms with Gasteiger partial charge in [-0.2, -0.15) is 5.43 Å². The van der Waals surface area contributed by atoms with E-state index in [1.54, 1.807) is 0 Å². The largest absolute Gasteiger partial charge is 0.316 e. The molecule has 0 aromatic rings. The van der Waals surface area contributed by atoms with E-state index >= 15 is 0 Å². The van der Waals surface area contributed by atoms with Crippen LogP contribution < -0.4 is 11.2 Å². The number of hydrazine groups is 1. The summed E-state index contributed by atoms with van der Waals surface area (Å²) in [4.78, 5) is 0. The summed E-state index contributed by atoms with van der Waals surface area (Å²) in [5.41, 5.74) is 11.1. The van der Waals surface area contributed by atoms with Gasteiger partial charge >= 0.3 is 0 Å². The van der Waals surface area contributed by atoms with Crippen LogP contribution in [-0.2, 0) is 0 Å². The predicted molar refractivity (Wildman–Crippen MR) is 64.8 cm³/mol. The van der Waals surface area contributed by atoms with Crippen molar-refractivity contribution < 1.29 is 4.68 Å². The number of hydrogen-bond acceptors (Lipinski definition) is 2. The van der Waals surface area contributed by atoms with Crippen molar-refractivity contribution in [3.63, 3.8) is 0 Å². The van der Waals surface area contributed by atoms with Gasteiger partial charge in [0.25, 0.3) is 0 Å². The van der Waals surface area contributed by atoms with Gasteiger partial charge in [0.1, 0.15) is 6.04 Å². The Kier molecular flexibility index (Phi) is 4.12. The molecule has 15 heavy (non-hydrogen) atoms. The lowest BCUT2D eigenvalue weighted by atomic mass is 10.1. The molecule has 1 atom stereocenters. The van der Waals surface area contributed by atoms with Gasteiger partial charge in [0, 0.05) is 11.1 Å². The molecule has 0 aromatic heterocycles. The number of hydrazone groups is 1. The fourth-order valence-electron chi connectivity index (χ4n) is 1.29. The molecule has 1 aliphatic carbocycles. The number of rotatable bonds is 2. The van der Waals surface area contributed by atoms with Gasteiger partial charge in [0.2, 0.25) is 5.71 Å². The summed E-state index contributed by atoms with van der Waals surface area (Å²) < 4.78 is 1.88. The monoisotopic (exact) mass is 226 g/mol. The fourth-order valence-corrected chi connectivity index (χ4v) is 1.48. The second-order valence-corrected chi connectivity index (χ2v) is 3.92. The fraction of sp³-hybridized carbons (Fsp3) is 0.364. The highest BCUT2D eigenvalue weighted by Gasteiger charge is 2.19. The molecule has 0 amide bonds. The Bertz CT molecular complexity index is 364. The number of hydrogen-bond donors (Lipinski definition) is 2. The molecule has 0 radical (unpaired) electrons. The molecule has 0 aliphatic heterocycles. The molecular formula is C11H17ClN3+. The maximum absolute atomic E-state index is 5.93. The van der Waals surface area contributed by atoms with Gasteiger partial charge in [0.15, 0.2) is 7.05 Å². The highest BCUT2D eigenvalue weighted by molar-refractivity contribution is 6.33. The van der Waals surface area contributed by atoms with Crippen molar-refractivity contribution in [3.8, 4) is 0 Å². The van der Waals surface area contributed by atoms with Crippen LogP contribution in [0, 0.1) is 0 Å². The lowest BCUT2D eigenvalue weighted by molar-refractivity contribution is -0.552. The average molecular weight is 227 g/mol. The second-order valence-electron chi connectivity index (χ2n) is 3.48. The van der Waals surface area contributed by atoms with Crippen LogP contribution in [0.4, 0.5) is 0 Å². The third kappa shape index (κ3) is 3.22. The third-order valence-corrected chi connectivity index (χ3v) is 2.49. The van der Waals surface area contributed by atoms with E-state index < -0.39 is 0 Å². The normalized spacial score (nSPS) is 25.0. The van der Waals surface area contributed by atoms with E-state index in [2.05, 4.69) is 5.43 Å². The minimum Gasteiger partial charge on any atom is -0.316 e. The summed E-state index contributed by atoms with van der Waals surface area (Å²) in [6.07, 6.45) is 7.54. The number of allylic oxidation sites excluding steroid dienone is 4. The molecule has 82 valence electrons. The van der Waals surface area contributed by atoms with Gasteiger partial charge < -0.3 is 5.73 Å². The van der Waals surface area contributed by atoms with Gasteiger partial charge in [-0.25, -0.2) is 0 Å². The summed E-state index contributed by atoms with van der Waals surface area (Å²) in [5.74, 6) is 0. The highest BCUT2D eigenvalue weighted by atomic mass is 35.5. The SMILES string of the molecule is CC=C(C)N[N+](C)=C1C=C(Cl)C=CC1N. The van der Waals surface area contributed by atoms with Crippen LogP contribution in [0.1, 0.15) is 13.8 Å². The first-order chi connectivity index (χ1) is 7.04. The molecular weight excluding hydrogens is 210 g/mol. The Balaban J connectivity index is 2.93. The Morgan fingerprint density at radius 2 is 2.33 bits per heavy atom. The van der Waals surface area contributed by atoms with Gasteiger partial charge in [0.05, 0.1) is 5.70 Å². The second kappa shape index (κ2) is 5.14. The van der Waals surface area contributed by atoms with Crippen molar-refractivity contribution in [1.29, 1.82) is 0 Å². The topological polar surface area (TPSA) is 41.1 Å². The van der Waals surface area contributed by atoms with E-state index in [4.69, 9.17) is 17.3 Å². The van der Waals surface area contributed by atoms with Crippen LogP contribution in [0.15, 0.2) is 35.0 Å². The standard InChI is InChI=1S/C11H17ClN3/c1-4-8(2)14-15(3)11-7-9(12)5-6-10(11)13/h4-7,10,14H,13H2,1-3H3/q+1. The lowest BCUT2D eigenvalue weighted by Gasteiger charge is -2.11. The first kappa shape index (κ1) is 12.0. The average Bonchev–Trinajstić information content (AvgIpc) is 2.21. The molecule has 3 N–H and O–H groups in total. The van der Waals surface area contributed by atoms with Crippen LogP contribution in [0.2, 0.25) is 0 Å². The van der Waals surface area contributed by atoms with Crippen molar-refractivity contribution in [2.45, 2.75) is 19.9 Å². The number of nitrogens with one attached hydrogen (secondary N) is 1. The first-order valence-electron chi connectivity index (χ1n) is 4.85. The zero-order chi connectivity index (χ0) is 11.4. The minimum atomic E-state index is -0.116. The van der Waals surface area contributed by atoms with Crippen molar-refractivity contribution in [2.24, 2.45) is 5.73 Å². The van der Waals surface area contributed by atoms with Gasteiger partial charge in [-0.15, -0.1) is 4.68 Å². The van der Waals surface area contributed by atoms with Gasteiger partial charge in [-0.3, -0.25) is 0 Å². The molecule has 0 saturated heterocycles. The Hall–Kier alpha value is -1.06. The van der Waals surface area contributed by atoms with Gasteiger partial charge in [-0.05, 0) is 19.9 Å². The van der Waals surface area contributed by atoms with Crippen LogP contribution in [0.5, 0.6) is 0 Å². The van der Waals surface area contributed by atoms with Crippen molar-refractivity contribution >= 4 is 17.3 Å². The molecule has 0 heterocycles. The molecule has 0 spiro atoms. The molecule has 0 bridgehead atoms. The maximum atomic E-state index is 5.93. The van der Waals surface area contributed by atoms with Crippen molar-refractivity contribution in [3.05, 3.63) is 35.0 Å². The molecule has 1 rings (SSSR count). The molecule has 1 aliphatic rings. The highest BCUT2D eigenvalue weighted by Crippen LogP contribution is 2.10. The zero-order valence-corrected chi connectivity index (χ0v) is 10.0. The van der Waals surface area contributed by atoms with Crippen molar-refractivity contribution in [1.82, 2.24) is 5.43 Å². The van der Waals surface area contributed by atoms with E-state index in [-0.39, 0.29) is 6.04 Å². The zero-order valence-electron chi connectivity index (χ0n) is 9.29. The van der Waals surface area contributed by atoms with Crippen LogP contribution >= 0.6 is 11.6 Å². The van der Waals surface area contributed by atoms with Crippen LogP contribution in [0.3, 0.4) is 0 Å². The summed E-state index contributed by atoms with van der Waals surface area (Å²) in [5, 5.41) is 0.693. The van der Waals surface area contributed by atoms with E-state index in [0.717, 1.165) is 11.4 Å². The molecule has 0 saturated carbocycles. The Labute approximate surface area is 95.6 Å². The third-order valence-electron chi connectivity index (χ3n) is 2.25.